The predicted octanol–water partition coefficient (Wildman–Crippen LogP) is 5.16. The second-order valence-corrected chi connectivity index (χ2v) is 7.51. The van der Waals surface area contributed by atoms with Crippen LogP contribution in [0.1, 0.15) is 29.7 Å². The maximum absolute atomic E-state index is 10.9. The van der Waals surface area contributed by atoms with Crippen molar-refractivity contribution in [3.8, 4) is 5.75 Å². The SMILES string of the molecule is CC(Cc1ccccc1Cl)C(N)C(O)c1ccccc1OCc1ccccc1. The van der Waals surface area contributed by atoms with Gasteiger partial charge in [-0.05, 0) is 35.6 Å². The van der Waals surface area contributed by atoms with Crippen LogP contribution in [0.5, 0.6) is 5.75 Å². The Hall–Kier alpha value is -2.33. The Bertz CT molecular complexity index is 885. The highest BCUT2D eigenvalue weighted by molar-refractivity contribution is 6.31. The Morgan fingerprint density at radius 3 is 2.32 bits per heavy atom. The molecule has 0 amide bonds. The number of benzene rings is 3. The van der Waals surface area contributed by atoms with Crippen molar-refractivity contribution in [1.29, 1.82) is 0 Å². The Balaban J connectivity index is 1.70. The molecule has 3 rings (SSSR count). The summed E-state index contributed by atoms with van der Waals surface area (Å²) in [6.07, 6.45) is -0.130. The molecule has 0 aliphatic heterocycles. The van der Waals surface area contributed by atoms with Gasteiger partial charge in [0.2, 0.25) is 0 Å². The van der Waals surface area contributed by atoms with E-state index in [4.69, 9.17) is 22.1 Å². The average molecular weight is 396 g/mol. The molecule has 3 unspecified atom stereocenters. The third-order valence-corrected chi connectivity index (χ3v) is 5.36. The van der Waals surface area contributed by atoms with Crippen LogP contribution in [0.3, 0.4) is 0 Å². The van der Waals surface area contributed by atoms with Gasteiger partial charge in [-0.1, -0.05) is 85.3 Å². The van der Waals surface area contributed by atoms with Crippen molar-refractivity contribution in [3.05, 3.63) is 101 Å². The normalized spacial score (nSPS) is 14.3. The molecule has 0 saturated carbocycles. The molecular weight excluding hydrogens is 370 g/mol. The van der Waals surface area contributed by atoms with Crippen LogP contribution in [0.25, 0.3) is 0 Å². The molecule has 3 atom stereocenters. The molecule has 3 aromatic carbocycles. The average Bonchev–Trinajstić information content (AvgIpc) is 2.73. The summed E-state index contributed by atoms with van der Waals surface area (Å²) in [7, 11) is 0. The summed E-state index contributed by atoms with van der Waals surface area (Å²) < 4.78 is 5.97. The number of rotatable bonds is 8. The second-order valence-electron chi connectivity index (χ2n) is 7.11. The van der Waals surface area contributed by atoms with Gasteiger partial charge in [-0.2, -0.15) is 0 Å². The molecule has 146 valence electrons. The zero-order chi connectivity index (χ0) is 19.9. The van der Waals surface area contributed by atoms with E-state index in [0.29, 0.717) is 24.3 Å². The number of hydrogen-bond acceptors (Lipinski definition) is 3. The second kappa shape index (κ2) is 9.74. The lowest BCUT2D eigenvalue weighted by molar-refractivity contribution is 0.117. The molecule has 0 bridgehead atoms. The van der Waals surface area contributed by atoms with Crippen molar-refractivity contribution in [2.45, 2.75) is 32.1 Å². The minimum Gasteiger partial charge on any atom is -0.489 e. The lowest BCUT2D eigenvalue weighted by atomic mass is 9.88. The monoisotopic (exact) mass is 395 g/mol. The third-order valence-electron chi connectivity index (χ3n) is 5.00. The quantitative estimate of drug-likeness (QED) is 0.554. The summed E-state index contributed by atoms with van der Waals surface area (Å²) in [6, 6.07) is 24.8. The summed E-state index contributed by atoms with van der Waals surface area (Å²) in [6.45, 7) is 2.47. The molecule has 3 N–H and O–H groups in total. The highest BCUT2D eigenvalue weighted by Crippen LogP contribution is 2.31. The Morgan fingerprint density at radius 2 is 1.57 bits per heavy atom. The van der Waals surface area contributed by atoms with Crippen molar-refractivity contribution < 1.29 is 9.84 Å². The van der Waals surface area contributed by atoms with Crippen molar-refractivity contribution in [1.82, 2.24) is 0 Å². The van der Waals surface area contributed by atoms with E-state index in [2.05, 4.69) is 0 Å². The lowest BCUT2D eigenvalue weighted by Crippen LogP contribution is -2.36. The van der Waals surface area contributed by atoms with Crippen molar-refractivity contribution in [2.24, 2.45) is 11.7 Å². The maximum Gasteiger partial charge on any atom is 0.125 e. The standard InChI is InChI=1S/C24H26ClNO2/c1-17(15-19-11-5-7-13-21(19)25)23(26)24(27)20-12-6-8-14-22(20)28-16-18-9-3-2-4-10-18/h2-14,17,23-24,27H,15-16,26H2,1H3. The highest BCUT2D eigenvalue weighted by Gasteiger charge is 2.26. The third kappa shape index (κ3) is 5.14. The van der Waals surface area contributed by atoms with Crippen LogP contribution in [0, 0.1) is 5.92 Å². The van der Waals surface area contributed by atoms with E-state index in [1.54, 1.807) is 0 Å². The smallest absolute Gasteiger partial charge is 0.125 e. The van der Waals surface area contributed by atoms with Gasteiger partial charge in [0.15, 0.2) is 0 Å². The first-order chi connectivity index (χ1) is 13.6. The first-order valence-electron chi connectivity index (χ1n) is 9.49. The highest BCUT2D eigenvalue weighted by atomic mass is 35.5. The minimum atomic E-state index is -0.829. The van der Waals surface area contributed by atoms with Gasteiger partial charge in [0, 0.05) is 16.6 Å². The molecule has 0 saturated heterocycles. The van der Waals surface area contributed by atoms with Gasteiger partial charge in [-0.25, -0.2) is 0 Å². The Morgan fingerprint density at radius 1 is 0.929 bits per heavy atom. The molecule has 28 heavy (non-hydrogen) atoms. The van der Waals surface area contributed by atoms with Gasteiger partial charge >= 0.3 is 0 Å². The van der Waals surface area contributed by atoms with Crippen molar-refractivity contribution in [3.63, 3.8) is 0 Å². The first-order valence-corrected chi connectivity index (χ1v) is 9.86. The van der Waals surface area contributed by atoms with E-state index in [1.807, 2.05) is 85.8 Å². The molecule has 0 heterocycles. The van der Waals surface area contributed by atoms with E-state index in [-0.39, 0.29) is 5.92 Å². The van der Waals surface area contributed by atoms with Gasteiger partial charge in [0.05, 0.1) is 6.10 Å². The maximum atomic E-state index is 10.9. The molecular formula is C24H26ClNO2. The fourth-order valence-electron chi connectivity index (χ4n) is 3.26. The summed E-state index contributed by atoms with van der Waals surface area (Å²) in [4.78, 5) is 0. The van der Waals surface area contributed by atoms with E-state index in [1.165, 1.54) is 0 Å². The van der Waals surface area contributed by atoms with Crippen LogP contribution >= 0.6 is 11.6 Å². The van der Waals surface area contributed by atoms with E-state index < -0.39 is 12.1 Å². The summed E-state index contributed by atoms with van der Waals surface area (Å²) in [5.41, 5.74) is 9.23. The number of nitrogens with two attached hydrogens (primary N) is 1. The van der Waals surface area contributed by atoms with Crippen LogP contribution in [0.2, 0.25) is 5.02 Å². The fourth-order valence-corrected chi connectivity index (χ4v) is 3.47. The molecule has 0 spiro atoms. The number of aliphatic hydroxyl groups excluding tert-OH is 1. The topological polar surface area (TPSA) is 55.5 Å². The largest absolute Gasteiger partial charge is 0.489 e. The minimum absolute atomic E-state index is 0.0390. The summed E-state index contributed by atoms with van der Waals surface area (Å²) in [5.74, 6) is 0.691. The van der Waals surface area contributed by atoms with E-state index in [9.17, 15) is 5.11 Å². The molecule has 0 aliphatic carbocycles. The van der Waals surface area contributed by atoms with Crippen LogP contribution in [-0.2, 0) is 13.0 Å². The number of aliphatic hydroxyl groups is 1. The number of hydrogen-bond donors (Lipinski definition) is 2. The van der Waals surface area contributed by atoms with Gasteiger partial charge in [-0.15, -0.1) is 0 Å². The zero-order valence-electron chi connectivity index (χ0n) is 16.0. The number of para-hydroxylation sites is 1. The van der Waals surface area contributed by atoms with Crippen LogP contribution in [0.15, 0.2) is 78.9 Å². The molecule has 3 aromatic rings. The Kier molecular flexibility index (Phi) is 7.10. The zero-order valence-corrected chi connectivity index (χ0v) is 16.7. The molecule has 4 heteroatoms. The van der Waals surface area contributed by atoms with Crippen LogP contribution < -0.4 is 10.5 Å². The predicted molar refractivity (Wildman–Crippen MR) is 114 cm³/mol. The molecule has 0 aliphatic rings. The van der Waals surface area contributed by atoms with Crippen molar-refractivity contribution in [2.75, 3.05) is 0 Å². The summed E-state index contributed by atoms with van der Waals surface area (Å²) in [5, 5.41) is 11.7. The van der Waals surface area contributed by atoms with Gasteiger partial charge in [0.25, 0.3) is 0 Å². The molecule has 3 nitrogen and oxygen atoms in total. The Labute approximate surface area is 171 Å². The molecule has 0 fully saturated rings. The van der Waals surface area contributed by atoms with Crippen molar-refractivity contribution >= 4 is 11.6 Å². The van der Waals surface area contributed by atoms with Crippen LogP contribution in [0.4, 0.5) is 0 Å². The van der Waals surface area contributed by atoms with E-state index >= 15 is 0 Å². The van der Waals surface area contributed by atoms with Gasteiger partial charge in [-0.3, -0.25) is 0 Å². The van der Waals surface area contributed by atoms with Crippen LogP contribution in [-0.4, -0.2) is 11.1 Å². The van der Waals surface area contributed by atoms with Gasteiger partial charge < -0.3 is 15.6 Å². The fraction of sp³-hybridized carbons (Fsp3) is 0.250. The lowest BCUT2D eigenvalue weighted by Gasteiger charge is -2.27. The molecule has 0 radical (unpaired) electrons. The van der Waals surface area contributed by atoms with E-state index in [0.717, 1.165) is 16.1 Å². The first kappa shape index (κ1) is 20.4. The number of halogens is 1. The molecule has 0 aromatic heterocycles. The van der Waals surface area contributed by atoms with Gasteiger partial charge in [0.1, 0.15) is 12.4 Å². The number of ether oxygens (including phenoxy) is 1. The summed E-state index contributed by atoms with van der Waals surface area (Å²) >= 11 is 6.27.